The van der Waals surface area contributed by atoms with Crippen molar-refractivity contribution in [2.75, 3.05) is 0 Å². The summed E-state index contributed by atoms with van der Waals surface area (Å²) >= 11 is 5.92. The van der Waals surface area contributed by atoms with Crippen LogP contribution in [0, 0.1) is 11.6 Å². The van der Waals surface area contributed by atoms with Crippen LogP contribution in [0.25, 0.3) is 0 Å². The van der Waals surface area contributed by atoms with Gasteiger partial charge in [-0.15, -0.1) is 0 Å². The third kappa shape index (κ3) is 2.68. The average Bonchev–Trinajstić information content (AvgIpc) is 2.32. The number of hydrogen-bond donors (Lipinski definition) is 1. The molecule has 1 atom stereocenters. The fourth-order valence-electron chi connectivity index (χ4n) is 1.87. The van der Waals surface area contributed by atoms with E-state index in [4.69, 9.17) is 17.3 Å². The van der Waals surface area contributed by atoms with Gasteiger partial charge in [0, 0.05) is 16.6 Å². The van der Waals surface area contributed by atoms with Crippen molar-refractivity contribution >= 4 is 11.6 Å². The molecule has 2 aromatic carbocycles. The zero-order chi connectivity index (χ0) is 13.1. The van der Waals surface area contributed by atoms with Crippen LogP contribution in [0.1, 0.15) is 17.2 Å². The van der Waals surface area contributed by atoms with Crippen molar-refractivity contribution in [1.82, 2.24) is 0 Å². The minimum absolute atomic E-state index is 0.202. The van der Waals surface area contributed by atoms with Crippen LogP contribution < -0.4 is 5.73 Å². The van der Waals surface area contributed by atoms with Crippen molar-refractivity contribution in [3.63, 3.8) is 0 Å². The molecule has 2 aromatic rings. The number of rotatable bonds is 3. The Morgan fingerprint density at radius 1 is 1.00 bits per heavy atom. The SMILES string of the molecule is NC(Cc1ccccc1F)c1c(F)cccc1Cl. The summed E-state index contributed by atoms with van der Waals surface area (Å²) in [5, 5.41) is 0.263. The normalized spacial score (nSPS) is 12.4. The number of halogens is 3. The zero-order valence-corrected chi connectivity index (χ0v) is 10.3. The van der Waals surface area contributed by atoms with Crippen LogP contribution >= 0.6 is 11.6 Å². The number of hydrogen-bond acceptors (Lipinski definition) is 1. The van der Waals surface area contributed by atoms with Gasteiger partial charge in [-0.3, -0.25) is 0 Å². The van der Waals surface area contributed by atoms with Gasteiger partial charge >= 0.3 is 0 Å². The van der Waals surface area contributed by atoms with E-state index in [1.807, 2.05) is 0 Å². The molecule has 18 heavy (non-hydrogen) atoms. The molecule has 2 N–H and O–H groups in total. The molecule has 0 aromatic heterocycles. The van der Waals surface area contributed by atoms with E-state index in [-0.39, 0.29) is 22.8 Å². The van der Waals surface area contributed by atoms with Crippen molar-refractivity contribution in [2.24, 2.45) is 5.73 Å². The molecule has 2 rings (SSSR count). The molecule has 94 valence electrons. The van der Waals surface area contributed by atoms with E-state index in [1.54, 1.807) is 24.3 Å². The van der Waals surface area contributed by atoms with Crippen molar-refractivity contribution in [3.05, 3.63) is 70.2 Å². The molecular formula is C14H12ClF2N. The lowest BCUT2D eigenvalue weighted by atomic mass is 9.99. The van der Waals surface area contributed by atoms with Crippen molar-refractivity contribution in [2.45, 2.75) is 12.5 Å². The highest BCUT2D eigenvalue weighted by Gasteiger charge is 2.16. The molecule has 0 spiro atoms. The third-order valence-corrected chi connectivity index (χ3v) is 3.10. The Labute approximate surface area is 109 Å². The van der Waals surface area contributed by atoms with Gasteiger partial charge in [-0.2, -0.15) is 0 Å². The molecule has 4 heteroatoms. The van der Waals surface area contributed by atoms with Gasteiger partial charge in [-0.05, 0) is 30.2 Å². The maximum absolute atomic E-state index is 13.6. The summed E-state index contributed by atoms with van der Waals surface area (Å²) in [4.78, 5) is 0. The highest BCUT2D eigenvalue weighted by Crippen LogP contribution is 2.27. The smallest absolute Gasteiger partial charge is 0.129 e. The van der Waals surface area contributed by atoms with E-state index in [9.17, 15) is 8.78 Å². The summed E-state index contributed by atoms with van der Waals surface area (Å²) in [7, 11) is 0. The van der Waals surface area contributed by atoms with E-state index in [0.717, 1.165) is 0 Å². The first kappa shape index (κ1) is 13.0. The minimum atomic E-state index is -0.671. The van der Waals surface area contributed by atoms with Crippen LogP contribution in [0.15, 0.2) is 42.5 Å². The molecule has 0 saturated carbocycles. The molecule has 1 nitrogen and oxygen atoms in total. The van der Waals surface area contributed by atoms with Gasteiger partial charge in [0.2, 0.25) is 0 Å². The van der Waals surface area contributed by atoms with Crippen LogP contribution in [0.3, 0.4) is 0 Å². The molecule has 0 amide bonds. The highest BCUT2D eigenvalue weighted by molar-refractivity contribution is 6.31. The first-order valence-electron chi connectivity index (χ1n) is 5.52. The zero-order valence-electron chi connectivity index (χ0n) is 9.54. The third-order valence-electron chi connectivity index (χ3n) is 2.77. The Bertz CT molecular complexity index is 537. The van der Waals surface area contributed by atoms with E-state index >= 15 is 0 Å². The Morgan fingerprint density at radius 2 is 1.67 bits per heavy atom. The van der Waals surface area contributed by atoms with Crippen molar-refractivity contribution in [1.29, 1.82) is 0 Å². The molecular weight excluding hydrogens is 256 g/mol. The van der Waals surface area contributed by atoms with E-state index in [1.165, 1.54) is 18.2 Å². The van der Waals surface area contributed by atoms with Crippen LogP contribution in [-0.4, -0.2) is 0 Å². The quantitative estimate of drug-likeness (QED) is 0.898. The lowest BCUT2D eigenvalue weighted by Crippen LogP contribution is -2.16. The first-order valence-corrected chi connectivity index (χ1v) is 5.90. The molecule has 0 radical (unpaired) electrons. The van der Waals surface area contributed by atoms with Gasteiger partial charge < -0.3 is 5.73 Å². The number of nitrogens with two attached hydrogens (primary N) is 1. The molecule has 1 unspecified atom stereocenters. The topological polar surface area (TPSA) is 26.0 Å². The molecule has 0 saturated heterocycles. The maximum atomic E-state index is 13.6. The van der Waals surface area contributed by atoms with Gasteiger partial charge in [-0.25, -0.2) is 8.78 Å². The largest absolute Gasteiger partial charge is 0.324 e. The van der Waals surface area contributed by atoms with Crippen molar-refractivity contribution < 1.29 is 8.78 Å². The predicted molar refractivity (Wildman–Crippen MR) is 68.4 cm³/mol. The maximum Gasteiger partial charge on any atom is 0.129 e. The Balaban J connectivity index is 2.28. The van der Waals surface area contributed by atoms with Gasteiger partial charge in [0.15, 0.2) is 0 Å². The van der Waals surface area contributed by atoms with Crippen LogP contribution in [0.2, 0.25) is 5.02 Å². The average molecular weight is 268 g/mol. The van der Waals surface area contributed by atoms with E-state index < -0.39 is 11.9 Å². The fourth-order valence-corrected chi connectivity index (χ4v) is 2.17. The van der Waals surface area contributed by atoms with E-state index in [0.29, 0.717) is 5.56 Å². The second-order valence-electron chi connectivity index (χ2n) is 4.04. The Hall–Kier alpha value is -1.45. The predicted octanol–water partition coefficient (Wildman–Crippen LogP) is 3.86. The lowest BCUT2D eigenvalue weighted by molar-refractivity contribution is 0.563. The standard InChI is InChI=1S/C14H12ClF2N/c15-10-5-3-7-12(17)14(10)13(18)8-9-4-1-2-6-11(9)16/h1-7,13H,8,18H2. The summed E-state index contributed by atoms with van der Waals surface area (Å²) in [5.74, 6) is -0.813. The van der Waals surface area contributed by atoms with Gasteiger partial charge in [0.05, 0.1) is 0 Å². The van der Waals surface area contributed by atoms with E-state index in [2.05, 4.69) is 0 Å². The van der Waals surface area contributed by atoms with Crippen molar-refractivity contribution in [3.8, 4) is 0 Å². The minimum Gasteiger partial charge on any atom is -0.324 e. The molecule has 0 aliphatic carbocycles. The second kappa shape index (κ2) is 5.46. The summed E-state index contributed by atoms with van der Waals surface area (Å²) in [6.45, 7) is 0. The lowest BCUT2D eigenvalue weighted by Gasteiger charge is -2.15. The van der Waals surface area contributed by atoms with Crippen LogP contribution in [0.5, 0.6) is 0 Å². The summed E-state index contributed by atoms with van der Waals surface area (Å²) in [6, 6.07) is 10.00. The summed E-state index contributed by atoms with van der Waals surface area (Å²) in [5.41, 5.74) is 6.58. The van der Waals surface area contributed by atoms with Gasteiger partial charge in [0.25, 0.3) is 0 Å². The summed E-state index contributed by atoms with van der Waals surface area (Å²) < 4.78 is 27.1. The highest BCUT2D eigenvalue weighted by atomic mass is 35.5. The van der Waals surface area contributed by atoms with Crippen LogP contribution in [-0.2, 0) is 6.42 Å². The molecule has 0 aliphatic rings. The molecule has 0 fully saturated rings. The molecule has 0 bridgehead atoms. The van der Waals surface area contributed by atoms with Crippen LogP contribution in [0.4, 0.5) is 8.78 Å². The fraction of sp³-hybridized carbons (Fsp3) is 0.143. The molecule has 0 aliphatic heterocycles. The van der Waals surface area contributed by atoms with Gasteiger partial charge in [0.1, 0.15) is 11.6 Å². The Kier molecular flexibility index (Phi) is 3.94. The second-order valence-corrected chi connectivity index (χ2v) is 4.44. The first-order chi connectivity index (χ1) is 8.59. The molecule has 0 heterocycles. The number of benzene rings is 2. The van der Waals surface area contributed by atoms with Gasteiger partial charge in [-0.1, -0.05) is 35.9 Å². The monoisotopic (exact) mass is 267 g/mol. The summed E-state index contributed by atoms with van der Waals surface area (Å²) in [6.07, 6.45) is 0.202. The Morgan fingerprint density at radius 3 is 2.33 bits per heavy atom.